The van der Waals surface area contributed by atoms with Crippen molar-refractivity contribution in [1.29, 1.82) is 0 Å². The minimum Gasteiger partial charge on any atom is -0.409 e. The second-order valence-corrected chi connectivity index (χ2v) is 4.28. The summed E-state index contributed by atoms with van der Waals surface area (Å²) in [5.74, 6) is 0.836. The van der Waals surface area contributed by atoms with Gasteiger partial charge in [0, 0.05) is 12.6 Å². The third kappa shape index (κ3) is 2.46. The molecule has 17 heavy (non-hydrogen) atoms. The van der Waals surface area contributed by atoms with E-state index in [1.54, 1.807) is 6.20 Å². The second-order valence-electron chi connectivity index (χ2n) is 4.28. The lowest BCUT2D eigenvalue weighted by Crippen LogP contribution is -2.38. The van der Waals surface area contributed by atoms with Gasteiger partial charge in [-0.2, -0.15) is 0 Å². The number of nitrogens with two attached hydrogens (primary N) is 1. The zero-order chi connectivity index (χ0) is 12.3. The third-order valence-electron chi connectivity index (χ3n) is 3.11. The predicted molar refractivity (Wildman–Crippen MR) is 65.2 cm³/mol. The molecule has 0 amide bonds. The first-order chi connectivity index (χ1) is 8.22. The van der Waals surface area contributed by atoms with Gasteiger partial charge in [0.15, 0.2) is 5.84 Å². The molecule has 0 radical (unpaired) electrons. The SMILES string of the molecule is CC1CCCCN1c1cnc(C(N)=NO)cn1. The number of anilines is 1. The third-order valence-corrected chi connectivity index (χ3v) is 3.11. The molecule has 1 aliphatic rings. The lowest BCUT2D eigenvalue weighted by molar-refractivity contribution is 0.318. The first-order valence-corrected chi connectivity index (χ1v) is 5.79. The van der Waals surface area contributed by atoms with Crippen molar-refractivity contribution in [2.45, 2.75) is 32.2 Å². The van der Waals surface area contributed by atoms with Crippen molar-refractivity contribution < 1.29 is 5.21 Å². The largest absolute Gasteiger partial charge is 0.409 e. The summed E-state index contributed by atoms with van der Waals surface area (Å²) >= 11 is 0. The van der Waals surface area contributed by atoms with Crippen LogP contribution in [-0.4, -0.2) is 33.6 Å². The summed E-state index contributed by atoms with van der Waals surface area (Å²) in [5, 5.41) is 11.4. The van der Waals surface area contributed by atoms with Gasteiger partial charge in [-0.1, -0.05) is 5.16 Å². The maximum atomic E-state index is 8.53. The number of rotatable bonds is 2. The second kappa shape index (κ2) is 4.99. The highest BCUT2D eigenvalue weighted by Crippen LogP contribution is 2.21. The van der Waals surface area contributed by atoms with Crippen molar-refractivity contribution in [1.82, 2.24) is 9.97 Å². The van der Waals surface area contributed by atoms with Crippen molar-refractivity contribution in [3.63, 3.8) is 0 Å². The van der Waals surface area contributed by atoms with Crippen molar-refractivity contribution >= 4 is 11.7 Å². The standard InChI is InChI=1S/C11H17N5O/c1-8-4-2-3-5-16(8)10-7-13-9(6-14-10)11(12)15-17/h6-8,17H,2-5H2,1H3,(H2,12,15). The highest BCUT2D eigenvalue weighted by Gasteiger charge is 2.19. The van der Waals surface area contributed by atoms with Crippen LogP contribution in [0.5, 0.6) is 0 Å². The number of nitrogens with zero attached hydrogens (tertiary/aromatic N) is 4. The van der Waals surface area contributed by atoms with Crippen molar-refractivity contribution in [3.05, 3.63) is 18.1 Å². The Morgan fingerprint density at radius 3 is 2.88 bits per heavy atom. The summed E-state index contributed by atoms with van der Waals surface area (Å²) in [6.45, 7) is 3.21. The number of aromatic nitrogens is 2. The van der Waals surface area contributed by atoms with Gasteiger partial charge < -0.3 is 15.8 Å². The van der Waals surface area contributed by atoms with Crippen LogP contribution in [-0.2, 0) is 0 Å². The summed E-state index contributed by atoms with van der Waals surface area (Å²) in [5.41, 5.74) is 5.82. The lowest BCUT2D eigenvalue weighted by Gasteiger charge is -2.34. The minimum absolute atomic E-state index is 0.0178. The van der Waals surface area contributed by atoms with E-state index in [-0.39, 0.29) is 5.84 Å². The fourth-order valence-electron chi connectivity index (χ4n) is 2.09. The zero-order valence-electron chi connectivity index (χ0n) is 9.87. The molecule has 6 nitrogen and oxygen atoms in total. The molecule has 1 aliphatic heterocycles. The highest BCUT2D eigenvalue weighted by atomic mass is 16.4. The molecule has 0 aliphatic carbocycles. The van der Waals surface area contributed by atoms with Crippen LogP contribution in [0, 0.1) is 0 Å². The van der Waals surface area contributed by atoms with Crippen LogP contribution in [0.15, 0.2) is 17.5 Å². The summed E-state index contributed by atoms with van der Waals surface area (Å²) < 4.78 is 0. The molecular formula is C11H17N5O. The Kier molecular flexibility index (Phi) is 3.41. The molecule has 92 valence electrons. The molecule has 1 fully saturated rings. The van der Waals surface area contributed by atoms with E-state index < -0.39 is 0 Å². The molecule has 1 aromatic rings. The molecule has 0 bridgehead atoms. The van der Waals surface area contributed by atoms with Gasteiger partial charge in [0.05, 0.1) is 12.4 Å². The van der Waals surface area contributed by atoms with Gasteiger partial charge in [0.2, 0.25) is 0 Å². The number of hydrogen-bond acceptors (Lipinski definition) is 5. The van der Waals surface area contributed by atoms with E-state index in [1.165, 1.54) is 25.5 Å². The van der Waals surface area contributed by atoms with Gasteiger partial charge in [-0.05, 0) is 26.2 Å². The van der Waals surface area contributed by atoms with Crippen molar-refractivity contribution in [3.8, 4) is 0 Å². The predicted octanol–water partition coefficient (Wildman–Crippen LogP) is 0.950. The molecule has 2 rings (SSSR count). The monoisotopic (exact) mass is 235 g/mol. The van der Waals surface area contributed by atoms with Crippen LogP contribution >= 0.6 is 0 Å². The summed E-state index contributed by atoms with van der Waals surface area (Å²) in [6, 6.07) is 0.493. The number of oxime groups is 1. The molecule has 1 saturated heterocycles. The fraction of sp³-hybridized carbons (Fsp3) is 0.545. The van der Waals surface area contributed by atoms with Crippen LogP contribution in [0.2, 0.25) is 0 Å². The molecule has 3 N–H and O–H groups in total. The van der Waals surface area contributed by atoms with Crippen LogP contribution in [0.25, 0.3) is 0 Å². The molecular weight excluding hydrogens is 218 g/mol. The Balaban J connectivity index is 2.17. The summed E-state index contributed by atoms with van der Waals surface area (Å²) in [4.78, 5) is 10.7. The first-order valence-electron chi connectivity index (χ1n) is 5.79. The fourth-order valence-corrected chi connectivity index (χ4v) is 2.09. The number of piperidine rings is 1. The molecule has 0 aromatic carbocycles. The lowest BCUT2D eigenvalue weighted by atomic mass is 10.0. The first kappa shape index (κ1) is 11.6. The molecule has 1 unspecified atom stereocenters. The summed E-state index contributed by atoms with van der Waals surface area (Å²) in [7, 11) is 0. The average molecular weight is 235 g/mol. The van der Waals surface area contributed by atoms with E-state index in [0.29, 0.717) is 11.7 Å². The van der Waals surface area contributed by atoms with E-state index in [0.717, 1.165) is 12.4 Å². The molecule has 0 saturated carbocycles. The van der Waals surface area contributed by atoms with E-state index in [1.807, 2.05) is 0 Å². The van der Waals surface area contributed by atoms with Crippen LogP contribution in [0.3, 0.4) is 0 Å². The van der Waals surface area contributed by atoms with E-state index in [4.69, 9.17) is 10.9 Å². The Hall–Kier alpha value is -1.85. The average Bonchev–Trinajstić information content (AvgIpc) is 2.39. The van der Waals surface area contributed by atoms with Gasteiger partial charge >= 0.3 is 0 Å². The normalized spacial score (nSPS) is 21.6. The molecule has 2 heterocycles. The van der Waals surface area contributed by atoms with Crippen LogP contribution in [0.4, 0.5) is 5.82 Å². The molecule has 0 spiro atoms. The van der Waals surface area contributed by atoms with Crippen LogP contribution in [0.1, 0.15) is 31.9 Å². The highest BCUT2D eigenvalue weighted by molar-refractivity contribution is 5.94. The van der Waals surface area contributed by atoms with Gasteiger partial charge in [0.25, 0.3) is 0 Å². The van der Waals surface area contributed by atoms with Crippen molar-refractivity contribution in [2.75, 3.05) is 11.4 Å². The zero-order valence-corrected chi connectivity index (χ0v) is 9.87. The Bertz CT molecular complexity index is 403. The van der Waals surface area contributed by atoms with Gasteiger partial charge in [-0.15, -0.1) is 0 Å². The van der Waals surface area contributed by atoms with E-state index in [2.05, 4.69) is 26.9 Å². The molecule has 1 aromatic heterocycles. The Morgan fingerprint density at radius 2 is 2.29 bits per heavy atom. The Labute approximate surface area is 100 Å². The van der Waals surface area contributed by atoms with Crippen molar-refractivity contribution in [2.24, 2.45) is 10.9 Å². The van der Waals surface area contributed by atoms with Gasteiger partial charge in [-0.25, -0.2) is 9.97 Å². The van der Waals surface area contributed by atoms with E-state index >= 15 is 0 Å². The topological polar surface area (TPSA) is 87.6 Å². The molecule has 6 heteroatoms. The smallest absolute Gasteiger partial charge is 0.190 e. The summed E-state index contributed by atoms with van der Waals surface area (Å²) in [6.07, 6.45) is 6.85. The van der Waals surface area contributed by atoms with Gasteiger partial charge in [-0.3, -0.25) is 0 Å². The maximum absolute atomic E-state index is 8.53. The Morgan fingerprint density at radius 1 is 1.47 bits per heavy atom. The number of amidine groups is 1. The van der Waals surface area contributed by atoms with Crippen LogP contribution < -0.4 is 10.6 Å². The maximum Gasteiger partial charge on any atom is 0.190 e. The quantitative estimate of drug-likeness (QED) is 0.345. The van der Waals surface area contributed by atoms with E-state index in [9.17, 15) is 0 Å². The van der Waals surface area contributed by atoms with Gasteiger partial charge in [0.1, 0.15) is 11.5 Å². The number of hydrogen-bond donors (Lipinski definition) is 2. The minimum atomic E-state index is -0.0178. The molecule has 1 atom stereocenters.